The number of nitrogens with zero attached hydrogens (tertiary/aromatic N) is 2. The maximum atomic E-state index is 12.4. The van der Waals surface area contributed by atoms with Crippen LogP contribution in [0.2, 0.25) is 0 Å². The molecular weight excluding hydrogens is 243 g/mol. The maximum absolute atomic E-state index is 12.4. The molecule has 6 heteroatoms. The summed E-state index contributed by atoms with van der Waals surface area (Å²) >= 11 is 0. The second-order valence-corrected chi connectivity index (χ2v) is 5.08. The highest BCUT2D eigenvalue weighted by molar-refractivity contribution is 5.04. The van der Waals surface area contributed by atoms with Gasteiger partial charge in [-0.15, -0.1) is 0 Å². The first-order chi connectivity index (χ1) is 8.38. The van der Waals surface area contributed by atoms with Crippen molar-refractivity contribution in [2.75, 3.05) is 6.54 Å². The van der Waals surface area contributed by atoms with Gasteiger partial charge in [0, 0.05) is 12.2 Å². The van der Waals surface area contributed by atoms with E-state index in [0.717, 1.165) is 12.6 Å². The summed E-state index contributed by atoms with van der Waals surface area (Å²) in [5.41, 5.74) is -0.822. The molecule has 2 unspecified atom stereocenters. The van der Waals surface area contributed by atoms with Crippen LogP contribution in [0.15, 0.2) is 12.3 Å². The van der Waals surface area contributed by atoms with E-state index in [4.69, 9.17) is 0 Å². The number of alkyl halides is 3. The number of halogens is 3. The Morgan fingerprint density at radius 1 is 1.44 bits per heavy atom. The van der Waals surface area contributed by atoms with Crippen molar-refractivity contribution in [1.82, 2.24) is 15.1 Å². The number of nitrogens with one attached hydrogen (secondary N) is 1. The summed E-state index contributed by atoms with van der Waals surface area (Å²) in [5.74, 6) is 0.242. The van der Waals surface area contributed by atoms with E-state index in [1.807, 2.05) is 13.8 Å². The minimum absolute atomic E-state index is 0.0488. The molecule has 1 saturated carbocycles. The molecule has 18 heavy (non-hydrogen) atoms. The van der Waals surface area contributed by atoms with Crippen molar-refractivity contribution in [1.29, 1.82) is 0 Å². The van der Waals surface area contributed by atoms with Crippen LogP contribution >= 0.6 is 0 Å². The van der Waals surface area contributed by atoms with Crippen LogP contribution in [0.4, 0.5) is 13.2 Å². The van der Waals surface area contributed by atoms with Gasteiger partial charge in [0.1, 0.15) is 0 Å². The molecule has 0 saturated heterocycles. The first-order valence-corrected chi connectivity index (χ1v) is 6.23. The Labute approximate surface area is 104 Å². The molecule has 3 nitrogen and oxygen atoms in total. The van der Waals surface area contributed by atoms with E-state index in [1.165, 1.54) is 23.7 Å². The smallest absolute Gasteiger partial charge is 0.314 e. The van der Waals surface area contributed by atoms with E-state index < -0.39 is 11.9 Å². The summed E-state index contributed by atoms with van der Waals surface area (Å²) in [6.07, 6.45) is -0.538. The van der Waals surface area contributed by atoms with Gasteiger partial charge in [0.25, 0.3) is 0 Å². The third-order valence-electron chi connectivity index (χ3n) is 3.45. The lowest BCUT2D eigenvalue weighted by Gasteiger charge is -2.21. The Morgan fingerprint density at radius 3 is 2.61 bits per heavy atom. The van der Waals surface area contributed by atoms with Gasteiger partial charge >= 0.3 is 6.18 Å². The molecule has 0 spiro atoms. The standard InChI is InChI=1S/C12H18F3N3/c1-8(7-16-10-3-4-10)9(2)18-6-5-11(17-18)12(13,14)15/h5-6,8-10,16H,3-4,7H2,1-2H3. The normalized spacial score (nSPS) is 19.8. The molecule has 0 radical (unpaired) electrons. The Bertz CT molecular complexity index is 396. The number of aromatic nitrogens is 2. The monoisotopic (exact) mass is 261 g/mol. The van der Waals surface area contributed by atoms with Crippen LogP contribution in [0.1, 0.15) is 38.4 Å². The molecule has 1 N–H and O–H groups in total. The van der Waals surface area contributed by atoms with Crippen LogP contribution in [0.5, 0.6) is 0 Å². The van der Waals surface area contributed by atoms with E-state index in [0.29, 0.717) is 6.04 Å². The average molecular weight is 261 g/mol. The molecule has 0 bridgehead atoms. The molecule has 0 amide bonds. The van der Waals surface area contributed by atoms with Crippen molar-refractivity contribution < 1.29 is 13.2 Å². The molecule has 2 atom stereocenters. The van der Waals surface area contributed by atoms with Gasteiger partial charge in [-0.25, -0.2) is 0 Å². The Kier molecular flexibility index (Phi) is 3.66. The second kappa shape index (κ2) is 4.91. The fraction of sp³-hybridized carbons (Fsp3) is 0.750. The summed E-state index contributed by atoms with van der Waals surface area (Å²) in [5, 5.41) is 6.99. The SMILES string of the molecule is CC(CNC1CC1)C(C)n1ccc(C(F)(F)F)n1. The van der Waals surface area contributed by atoms with E-state index in [2.05, 4.69) is 10.4 Å². The van der Waals surface area contributed by atoms with Gasteiger partial charge in [-0.05, 0) is 38.3 Å². The quantitative estimate of drug-likeness (QED) is 0.883. The lowest BCUT2D eigenvalue weighted by Crippen LogP contribution is -2.28. The van der Waals surface area contributed by atoms with Gasteiger partial charge in [-0.3, -0.25) is 4.68 Å². The number of hydrogen-bond donors (Lipinski definition) is 1. The lowest BCUT2D eigenvalue weighted by atomic mass is 10.0. The summed E-state index contributed by atoms with van der Waals surface area (Å²) in [6.45, 7) is 4.73. The van der Waals surface area contributed by atoms with Gasteiger partial charge in [0.05, 0.1) is 6.04 Å². The van der Waals surface area contributed by atoms with Crippen LogP contribution in [-0.2, 0) is 6.18 Å². The molecular formula is C12H18F3N3. The van der Waals surface area contributed by atoms with Crippen LogP contribution in [0, 0.1) is 5.92 Å². The molecule has 1 aromatic heterocycles. The van der Waals surface area contributed by atoms with Crippen LogP contribution < -0.4 is 5.32 Å². The number of hydrogen-bond acceptors (Lipinski definition) is 2. The number of rotatable bonds is 5. The summed E-state index contributed by atoms with van der Waals surface area (Å²) in [6, 6.07) is 1.59. The second-order valence-electron chi connectivity index (χ2n) is 5.08. The molecule has 0 aromatic carbocycles. The Morgan fingerprint density at radius 2 is 2.11 bits per heavy atom. The van der Waals surface area contributed by atoms with Crippen LogP contribution in [0.3, 0.4) is 0 Å². The van der Waals surface area contributed by atoms with E-state index >= 15 is 0 Å². The first-order valence-electron chi connectivity index (χ1n) is 6.23. The van der Waals surface area contributed by atoms with Gasteiger partial charge in [-0.2, -0.15) is 18.3 Å². The van der Waals surface area contributed by atoms with Gasteiger partial charge in [0.15, 0.2) is 5.69 Å². The Hall–Kier alpha value is -1.04. The maximum Gasteiger partial charge on any atom is 0.435 e. The summed E-state index contributed by atoms with van der Waals surface area (Å²) in [4.78, 5) is 0. The first kappa shape index (κ1) is 13.4. The molecule has 1 heterocycles. The van der Waals surface area contributed by atoms with Gasteiger partial charge in [-0.1, -0.05) is 6.92 Å². The Balaban J connectivity index is 1.94. The fourth-order valence-corrected chi connectivity index (χ4v) is 1.79. The van der Waals surface area contributed by atoms with Crippen molar-refractivity contribution in [2.45, 2.75) is 44.9 Å². The van der Waals surface area contributed by atoms with Gasteiger partial charge in [0.2, 0.25) is 0 Å². The molecule has 2 rings (SSSR count). The fourth-order valence-electron chi connectivity index (χ4n) is 1.79. The third-order valence-corrected chi connectivity index (χ3v) is 3.45. The summed E-state index contributed by atoms with van der Waals surface area (Å²) in [7, 11) is 0. The molecule has 1 aromatic rings. The molecule has 102 valence electrons. The highest BCUT2D eigenvalue weighted by atomic mass is 19.4. The zero-order valence-corrected chi connectivity index (χ0v) is 10.5. The minimum atomic E-state index is -4.36. The van der Waals surface area contributed by atoms with Crippen molar-refractivity contribution in [3.8, 4) is 0 Å². The topological polar surface area (TPSA) is 29.9 Å². The van der Waals surface area contributed by atoms with Crippen molar-refractivity contribution in [3.63, 3.8) is 0 Å². The predicted molar refractivity (Wildman–Crippen MR) is 62.1 cm³/mol. The third kappa shape index (κ3) is 3.25. The highest BCUT2D eigenvalue weighted by Gasteiger charge is 2.34. The van der Waals surface area contributed by atoms with E-state index in [-0.39, 0.29) is 12.0 Å². The van der Waals surface area contributed by atoms with E-state index in [1.54, 1.807) is 0 Å². The zero-order valence-electron chi connectivity index (χ0n) is 10.5. The molecule has 1 aliphatic carbocycles. The molecule has 1 fully saturated rings. The lowest BCUT2D eigenvalue weighted by molar-refractivity contribution is -0.141. The van der Waals surface area contributed by atoms with Crippen molar-refractivity contribution in [3.05, 3.63) is 18.0 Å². The minimum Gasteiger partial charge on any atom is -0.314 e. The zero-order chi connectivity index (χ0) is 13.3. The predicted octanol–water partition coefficient (Wildman–Crippen LogP) is 2.85. The molecule has 1 aliphatic rings. The largest absolute Gasteiger partial charge is 0.435 e. The van der Waals surface area contributed by atoms with Gasteiger partial charge < -0.3 is 5.32 Å². The van der Waals surface area contributed by atoms with E-state index in [9.17, 15) is 13.2 Å². The van der Waals surface area contributed by atoms with Crippen LogP contribution in [0.25, 0.3) is 0 Å². The van der Waals surface area contributed by atoms with Crippen LogP contribution in [-0.4, -0.2) is 22.4 Å². The van der Waals surface area contributed by atoms with Crippen molar-refractivity contribution >= 4 is 0 Å². The molecule has 0 aliphatic heterocycles. The average Bonchev–Trinajstić information content (AvgIpc) is 2.97. The van der Waals surface area contributed by atoms with Crippen molar-refractivity contribution in [2.24, 2.45) is 5.92 Å². The summed E-state index contributed by atoms with van der Waals surface area (Å²) < 4.78 is 38.7. The highest BCUT2D eigenvalue weighted by Crippen LogP contribution is 2.28.